The summed E-state index contributed by atoms with van der Waals surface area (Å²) in [5, 5.41) is 10.3. The van der Waals surface area contributed by atoms with E-state index in [1.54, 1.807) is 0 Å². The van der Waals surface area contributed by atoms with Gasteiger partial charge in [0, 0.05) is 5.41 Å². The molecule has 254 valence electrons. The number of rotatable bonds is 6. The number of hydrogen-bond donors (Lipinski definition) is 0. The van der Waals surface area contributed by atoms with E-state index in [1.165, 1.54) is 117 Å². The summed E-state index contributed by atoms with van der Waals surface area (Å²) in [5.41, 5.74) is 14.7. The molecule has 0 saturated heterocycles. The maximum Gasteiger partial charge on any atom is 0.0159 e. The van der Waals surface area contributed by atoms with Crippen LogP contribution in [0, 0.1) is 0 Å². The van der Waals surface area contributed by atoms with E-state index in [1.807, 2.05) is 0 Å². The Labute approximate surface area is 312 Å². The molecule has 0 aromatic heterocycles. The van der Waals surface area contributed by atoms with Gasteiger partial charge in [0.25, 0.3) is 0 Å². The highest BCUT2D eigenvalue weighted by Gasteiger charge is 2.35. The number of hydrogen-bond acceptors (Lipinski definition) is 0. The van der Waals surface area contributed by atoms with Gasteiger partial charge in [-0.3, -0.25) is 0 Å². The van der Waals surface area contributed by atoms with Gasteiger partial charge in [-0.05, 0) is 123 Å². The molecule has 9 aromatic rings. The highest BCUT2D eigenvalue weighted by atomic mass is 14.4. The normalized spacial score (nSPS) is 13.2. The fraction of sp³-hybridized carbons (Fsp3) is 0.132. The Morgan fingerprint density at radius 2 is 0.774 bits per heavy atom. The zero-order valence-corrected chi connectivity index (χ0v) is 30.7. The van der Waals surface area contributed by atoms with Crippen LogP contribution in [0.1, 0.15) is 50.3 Å². The number of fused-ring (bicyclic) bond motifs is 7. The lowest BCUT2D eigenvalue weighted by Gasteiger charge is -2.24. The second-order valence-corrected chi connectivity index (χ2v) is 15.4. The lowest BCUT2D eigenvalue weighted by atomic mass is 9.79. The van der Waals surface area contributed by atoms with Gasteiger partial charge in [-0.1, -0.05) is 185 Å². The molecule has 0 unspecified atom stereocenters. The molecule has 1 aliphatic rings. The van der Waals surface area contributed by atoms with E-state index < -0.39 is 0 Å². The number of aryl methyl sites for hydroxylation is 1. The lowest BCUT2D eigenvalue weighted by molar-refractivity contribution is 0.660. The Balaban J connectivity index is 1.27. The first-order valence-corrected chi connectivity index (χ1v) is 19.3. The van der Waals surface area contributed by atoms with Crippen LogP contribution in [-0.4, -0.2) is 0 Å². The highest BCUT2D eigenvalue weighted by molar-refractivity contribution is 6.30. The molecule has 0 aliphatic heterocycles. The minimum absolute atomic E-state index is 0.0666. The lowest BCUT2D eigenvalue weighted by Crippen LogP contribution is -2.14. The van der Waals surface area contributed by atoms with Crippen molar-refractivity contribution in [2.45, 2.75) is 45.4 Å². The van der Waals surface area contributed by atoms with Crippen molar-refractivity contribution in [2.24, 2.45) is 0 Å². The van der Waals surface area contributed by atoms with E-state index in [-0.39, 0.29) is 5.41 Å². The summed E-state index contributed by atoms with van der Waals surface area (Å²) in [4.78, 5) is 0. The first-order valence-electron chi connectivity index (χ1n) is 19.3. The second-order valence-electron chi connectivity index (χ2n) is 15.4. The summed E-state index contributed by atoms with van der Waals surface area (Å²) in [7, 11) is 0. The molecule has 0 bridgehead atoms. The predicted molar refractivity (Wildman–Crippen MR) is 229 cm³/mol. The third-order valence-corrected chi connectivity index (χ3v) is 12.0. The summed E-state index contributed by atoms with van der Waals surface area (Å²) in [6.45, 7) is 7.02. The van der Waals surface area contributed by atoms with Gasteiger partial charge < -0.3 is 0 Å². The van der Waals surface area contributed by atoms with E-state index in [9.17, 15) is 0 Å². The van der Waals surface area contributed by atoms with Crippen molar-refractivity contribution in [3.05, 3.63) is 180 Å². The van der Waals surface area contributed by atoms with E-state index in [0.29, 0.717) is 0 Å². The van der Waals surface area contributed by atoms with E-state index >= 15 is 0 Å². The van der Waals surface area contributed by atoms with Crippen LogP contribution < -0.4 is 0 Å². The summed E-state index contributed by atoms with van der Waals surface area (Å²) in [5.74, 6) is 0. The zero-order valence-electron chi connectivity index (χ0n) is 30.7. The molecule has 53 heavy (non-hydrogen) atoms. The van der Waals surface area contributed by atoms with E-state index in [0.717, 1.165) is 6.42 Å². The summed E-state index contributed by atoms with van der Waals surface area (Å²) in [6.07, 6.45) is 3.56. The average molecular weight is 679 g/mol. The highest BCUT2D eigenvalue weighted by Crippen LogP contribution is 2.53. The van der Waals surface area contributed by atoms with Crippen LogP contribution in [0.25, 0.3) is 87.6 Å². The molecule has 10 rings (SSSR count). The first kappa shape index (κ1) is 31.7. The molecular weight excluding hydrogens is 637 g/mol. The van der Waals surface area contributed by atoms with Crippen LogP contribution in [0.3, 0.4) is 0 Å². The van der Waals surface area contributed by atoms with Gasteiger partial charge in [0.2, 0.25) is 0 Å². The SMILES string of the molecule is CCCCc1ccc(-c2c3ccccc3c(-c3c4ccccc4c(-c4ccc5c(c4)C(C)(C)c4ccccc4-5)c4ccccc34)c3ccccc23)cc1. The van der Waals surface area contributed by atoms with Gasteiger partial charge in [-0.25, -0.2) is 0 Å². The van der Waals surface area contributed by atoms with Gasteiger partial charge in [0.15, 0.2) is 0 Å². The van der Waals surface area contributed by atoms with Crippen LogP contribution in [-0.2, 0) is 11.8 Å². The van der Waals surface area contributed by atoms with Crippen molar-refractivity contribution >= 4 is 43.1 Å². The standard InChI is InChI=1S/C53H42/c1-4-5-16-34-27-29-35(30-28-34)49-39-18-6-10-22-43(39)51(44-23-11-7-19-40(44)49)52-45-24-12-8-20-41(45)50(42-21-9-13-25-46(42)52)36-31-32-38-37-17-14-15-26-47(37)53(2,3)48(38)33-36/h6-15,17-33H,4-5,16H2,1-3H3. The Morgan fingerprint density at radius 1 is 0.377 bits per heavy atom. The fourth-order valence-corrected chi connectivity index (χ4v) is 9.50. The van der Waals surface area contributed by atoms with Crippen LogP contribution in [0.5, 0.6) is 0 Å². The Morgan fingerprint density at radius 3 is 1.26 bits per heavy atom. The fourth-order valence-electron chi connectivity index (χ4n) is 9.50. The van der Waals surface area contributed by atoms with Gasteiger partial charge >= 0.3 is 0 Å². The molecule has 0 heteroatoms. The minimum atomic E-state index is -0.0666. The molecule has 0 heterocycles. The number of unbranched alkanes of at least 4 members (excludes halogenated alkanes) is 1. The summed E-state index contributed by atoms with van der Waals surface area (Å²) in [6, 6.07) is 61.9. The molecular formula is C53H42. The van der Waals surface area contributed by atoms with Gasteiger partial charge in [-0.2, -0.15) is 0 Å². The van der Waals surface area contributed by atoms with E-state index in [2.05, 4.69) is 185 Å². The average Bonchev–Trinajstić information content (AvgIpc) is 3.44. The van der Waals surface area contributed by atoms with Crippen LogP contribution in [0.4, 0.5) is 0 Å². The van der Waals surface area contributed by atoms with Crippen molar-refractivity contribution in [3.8, 4) is 44.5 Å². The van der Waals surface area contributed by atoms with Crippen LogP contribution in [0.15, 0.2) is 164 Å². The van der Waals surface area contributed by atoms with Crippen LogP contribution >= 0.6 is 0 Å². The number of benzene rings is 9. The quantitative estimate of drug-likeness (QED) is 0.154. The van der Waals surface area contributed by atoms with Crippen LogP contribution in [0.2, 0.25) is 0 Å². The first-order chi connectivity index (χ1) is 26.0. The molecule has 0 nitrogen and oxygen atoms in total. The Kier molecular flexibility index (Phi) is 7.37. The monoisotopic (exact) mass is 678 g/mol. The van der Waals surface area contributed by atoms with Crippen molar-refractivity contribution in [3.63, 3.8) is 0 Å². The molecule has 1 aliphatic carbocycles. The third kappa shape index (κ3) is 4.82. The smallest absolute Gasteiger partial charge is 0.0159 e. The molecule has 0 atom stereocenters. The molecule has 0 N–H and O–H groups in total. The summed E-state index contributed by atoms with van der Waals surface area (Å²) >= 11 is 0. The van der Waals surface area contributed by atoms with Crippen molar-refractivity contribution in [1.29, 1.82) is 0 Å². The molecule has 0 fully saturated rings. The molecule has 0 amide bonds. The molecule has 0 saturated carbocycles. The second kappa shape index (κ2) is 12.3. The topological polar surface area (TPSA) is 0 Å². The Bertz CT molecular complexity index is 2770. The Hall–Kier alpha value is -5.98. The van der Waals surface area contributed by atoms with Gasteiger partial charge in [-0.15, -0.1) is 0 Å². The minimum Gasteiger partial charge on any atom is -0.0654 e. The van der Waals surface area contributed by atoms with Crippen molar-refractivity contribution in [1.82, 2.24) is 0 Å². The van der Waals surface area contributed by atoms with E-state index in [4.69, 9.17) is 0 Å². The molecule has 0 spiro atoms. The van der Waals surface area contributed by atoms with Crippen molar-refractivity contribution < 1.29 is 0 Å². The molecule has 9 aromatic carbocycles. The third-order valence-electron chi connectivity index (χ3n) is 12.0. The largest absolute Gasteiger partial charge is 0.0654 e. The van der Waals surface area contributed by atoms with Gasteiger partial charge in [0.05, 0.1) is 0 Å². The van der Waals surface area contributed by atoms with Crippen molar-refractivity contribution in [2.75, 3.05) is 0 Å². The molecule has 0 radical (unpaired) electrons. The predicted octanol–water partition coefficient (Wildman–Crippen LogP) is 14.9. The maximum absolute atomic E-state index is 2.48. The maximum atomic E-state index is 2.48. The summed E-state index contributed by atoms with van der Waals surface area (Å²) < 4.78 is 0. The van der Waals surface area contributed by atoms with Gasteiger partial charge in [0.1, 0.15) is 0 Å². The zero-order chi connectivity index (χ0) is 35.7.